The zero-order chi connectivity index (χ0) is 14.2. The molecule has 1 N–H and O–H groups in total. The molecule has 1 aliphatic rings. The van der Waals surface area contributed by atoms with E-state index in [1.54, 1.807) is 0 Å². The predicted molar refractivity (Wildman–Crippen MR) is 85.8 cm³/mol. The molecule has 0 bridgehead atoms. The predicted octanol–water partition coefficient (Wildman–Crippen LogP) is 4.21. The van der Waals surface area contributed by atoms with Gasteiger partial charge in [0.25, 0.3) is 0 Å². The fraction of sp³-hybridized carbons (Fsp3) is 0.722. The van der Waals surface area contributed by atoms with Crippen molar-refractivity contribution in [2.24, 2.45) is 11.8 Å². The summed E-state index contributed by atoms with van der Waals surface area (Å²) >= 11 is 0. The van der Waals surface area contributed by atoms with Gasteiger partial charge in [0.15, 0.2) is 0 Å². The topological polar surface area (TPSA) is 24.9 Å². The van der Waals surface area contributed by atoms with Crippen molar-refractivity contribution in [2.75, 3.05) is 6.54 Å². The zero-order valence-corrected chi connectivity index (χ0v) is 13.1. The Morgan fingerprint density at radius 3 is 2.65 bits per heavy atom. The van der Waals surface area contributed by atoms with Crippen molar-refractivity contribution >= 4 is 0 Å². The highest BCUT2D eigenvalue weighted by Gasteiger charge is 2.26. The molecule has 1 unspecified atom stereocenters. The van der Waals surface area contributed by atoms with E-state index in [2.05, 4.69) is 36.3 Å². The van der Waals surface area contributed by atoms with E-state index in [0.717, 1.165) is 24.8 Å². The van der Waals surface area contributed by atoms with Crippen LogP contribution in [0.25, 0.3) is 0 Å². The summed E-state index contributed by atoms with van der Waals surface area (Å²) in [4.78, 5) is 4.25. The Balaban J connectivity index is 1.89. The molecule has 0 radical (unpaired) electrons. The van der Waals surface area contributed by atoms with Crippen molar-refractivity contribution in [3.63, 3.8) is 0 Å². The Bertz CT molecular complexity index is 355. The molecule has 2 nitrogen and oxygen atoms in total. The van der Waals surface area contributed by atoms with Gasteiger partial charge in [0.1, 0.15) is 0 Å². The summed E-state index contributed by atoms with van der Waals surface area (Å²) in [6.45, 7) is 5.61. The fourth-order valence-electron chi connectivity index (χ4n) is 3.73. The maximum absolute atomic E-state index is 4.25. The lowest BCUT2D eigenvalue weighted by Gasteiger charge is -2.34. The van der Waals surface area contributed by atoms with Crippen LogP contribution in [0.2, 0.25) is 0 Å². The van der Waals surface area contributed by atoms with Crippen LogP contribution in [0.5, 0.6) is 0 Å². The molecule has 1 aliphatic carbocycles. The van der Waals surface area contributed by atoms with Gasteiger partial charge < -0.3 is 5.32 Å². The molecular formula is C18H30N2. The first-order valence-corrected chi connectivity index (χ1v) is 8.45. The van der Waals surface area contributed by atoms with Crippen LogP contribution in [0, 0.1) is 11.8 Å². The van der Waals surface area contributed by atoms with E-state index in [1.165, 1.54) is 44.1 Å². The van der Waals surface area contributed by atoms with Crippen molar-refractivity contribution < 1.29 is 0 Å². The summed E-state index contributed by atoms with van der Waals surface area (Å²) < 4.78 is 0. The first-order valence-electron chi connectivity index (χ1n) is 8.45. The van der Waals surface area contributed by atoms with Gasteiger partial charge in [-0.05, 0) is 49.3 Å². The number of hydrogen-bond acceptors (Lipinski definition) is 2. The van der Waals surface area contributed by atoms with Gasteiger partial charge in [0.05, 0.1) is 0 Å². The minimum atomic E-state index is 0.631. The number of rotatable bonds is 7. The Hall–Kier alpha value is -0.890. The number of likely N-dealkylation sites (N-methyl/N-ethyl adjacent to an activating group) is 1. The van der Waals surface area contributed by atoms with Crippen molar-refractivity contribution in [3.05, 3.63) is 30.1 Å². The van der Waals surface area contributed by atoms with Gasteiger partial charge in [0, 0.05) is 18.4 Å². The van der Waals surface area contributed by atoms with Crippen molar-refractivity contribution in [1.82, 2.24) is 10.3 Å². The maximum atomic E-state index is 4.25. The average molecular weight is 274 g/mol. The Labute approximate surface area is 124 Å². The van der Waals surface area contributed by atoms with E-state index in [9.17, 15) is 0 Å². The number of pyridine rings is 1. The quantitative estimate of drug-likeness (QED) is 0.805. The lowest BCUT2D eigenvalue weighted by molar-refractivity contribution is 0.213. The second-order valence-electron chi connectivity index (χ2n) is 6.30. The molecule has 0 aliphatic heterocycles. The Morgan fingerprint density at radius 1 is 1.25 bits per heavy atom. The molecule has 0 amide bonds. The van der Waals surface area contributed by atoms with Gasteiger partial charge in [0.2, 0.25) is 0 Å². The zero-order valence-electron chi connectivity index (χ0n) is 13.1. The number of nitrogens with one attached hydrogen (secondary N) is 1. The lowest BCUT2D eigenvalue weighted by Crippen LogP contribution is -2.39. The summed E-state index contributed by atoms with van der Waals surface area (Å²) in [5.74, 6) is 1.85. The standard InChI is InChI=1S/C18H30N2/c1-3-6-15-8-10-17(11-9-15)18(20-4-2)13-16-7-5-12-19-14-16/h5,7,12,14-15,17-18,20H,3-4,6,8-11,13H2,1-2H3. The van der Waals surface area contributed by atoms with E-state index in [0.29, 0.717) is 6.04 Å². The third-order valence-electron chi connectivity index (χ3n) is 4.80. The number of aromatic nitrogens is 1. The van der Waals surface area contributed by atoms with E-state index in [1.807, 2.05) is 12.4 Å². The van der Waals surface area contributed by atoms with Crippen LogP contribution in [0.15, 0.2) is 24.5 Å². The summed E-state index contributed by atoms with van der Waals surface area (Å²) in [6, 6.07) is 4.89. The molecule has 0 spiro atoms. The highest BCUT2D eigenvalue weighted by molar-refractivity contribution is 5.10. The average Bonchev–Trinajstić information content (AvgIpc) is 2.49. The maximum Gasteiger partial charge on any atom is 0.0300 e. The van der Waals surface area contributed by atoms with Gasteiger partial charge in [-0.25, -0.2) is 0 Å². The fourth-order valence-corrected chi connectivity index (χ4v) is 3.73. The largest absolute Gasteiger partial charge is 0.314 e. The first kappa shape index (κ1) is 15.5. The summed E-state index contributed by atoms with van der Waals surface area (Å²) in [5, 5.41) is 3.72. The minimum Gasteiger partial charge on any atom is -0.314 e. The van der Waals surface area contributed by atoms with Crippen molar-refractivity contribution in [3.8, 4) is 0 Å². The molecule has 20 heavy (non-hydrogen) atoms. The Kier molecular flexibility index (Phi) is 6.52. The molecule has 2 heteroatoms. The van der Waals surface area contributed by atoms with Crippen LogP contribution < -0.4 is 5.32 Å². The molecule has 1 atom stereocenters. The summed E-state index contributed by atoms with van der Waals surface area (Å²) in [7, 11) is 0. The molecule has 0 aromatic carbocycles. The van der Waals surface area contributed by atoms with Crippen molar-refractivity contribution in [1.29, 1.82) is 0 Å². The SMILES string of the molecule is CCCC1CCC(C(Cc2cccnc2)NCC)CC1. The molecule has 0 saturated heterocycles. The van der Waals surface area contributed by atoms with Crippen LogP contribution in [-0.2, 0) is 6.42 Å². The molecule has 1 heterocycles. The smallest absolute Gasteiger partial charge is 0.0300 e. The molecular weight excluding hydrogens is 244 g/mol. The number of hydrogen-bond donors (Lipinski definition) is 1. The highest BCUT2D eigenvalue weighted by atomic mass is 14.9. The monoisotopic (exact) mass is 274 g/mol. The summed E-state index contributed by atoms with van der Waals surface area (Å²) in [6.07, 6.45) is 13.5. The van der Waals surface area contributed by atoms with Crippen LogP contribution >= 0.6 is 0 Å². The second kappa shape index (κ2) is 8.41. The summed E-state index contributed by atoms with van der Waals surface area (Å²) in [5.41, 5.74) is 1.37. The van der Waals surface area contributed by atoms with Gasteiger partial charge in [-0.2, -0.15) is 0 Å². The number of nitrogens with zero attached hydrogens (tertiary/aromatic N) is 1. The van der Waals surface area contributed by atoms with Crippen molar-refractivity contribution in [2.45, 2.75) is 64.8 Å². The highest BCUT2D eigenvalue weighted by Crippen LogP contribution is 2.34. The Morgan fingerprint density at radius 2 is 2.05 bits per heavy atom. The molecule has 2 rings (SSSR count). The normalized spacial score (nSPS) is 24.5. The van der Waals surface area contributed by atoms with Crippen LogP contribution in [0.1, 0.15) is 57.9 Å². The first-order chi connectivity index (χ1) is 9.83. The molecule has 112 valence electrons. The van der Waals surface area contributed by atoms with Crippen LogP contribution in [-0.4, -0.2) is 17.6 Å². The molecule has 1 fully saturated rings. The van der Waals surface area contributed by atoms with E-state index in [4.69, 9.17) is 0 Å². The van der Waals surface area contributed by atoms with Gasteiger partial charge in [-0.15, -0.1) is 0 Å². The molecule has 1 aromatic rings. The van der Waals surface area contributed by atoms with E-state index >= 15 is 0 Å². The third-order valence-corrected chi connectivity index (χ3v) is 4.80. The van der Waals surface area contributed by atoms with Gasteiger partial charge in [-0.1, -0.05) is 45.6 Å². The molecule has 1 aromatic heterocycles. The third kappa shape index (κ3) is 4.59. The van der Waals surface area contributed by atoms with Gasteiger partial charge >= 0.3 is 0 Å². The van der Waals surface area contributed by atoms with Gasteiger partial charge in [-0.3, -0.25) is 4.98 Å². The van der Waals surface area contributed by atoms with E-state index < -0.39 is 0 Å². The second-order valence-corrected chi connectivity index (χ2v) is 6.30. The molecule has 1 saturated carbocycles. The van der Waals surface area contributed by atoms with Crippen LogP contribution in [0.3, 0.4) is 0 Å². The minimum absolute atomic E-state index is 0.631. The lowest BCUT2D eigenvalue weighted by atomic mass is 9.76. The van der Waals surface area contributed by atoms with Crippen LogP contribution in [0.4, 0.5) is 0 Å². The van der Waals surface area contributed by atoms with E-state index in [-0.39, 0.29) is 0 Å².